The van der Waals surface area contributed by atoms with Gasteiger partial charge in [0.15, 0.2) is 0 Å². The Morgan fingerprint density at radius 3 is 2.64 bits per heavy atom. The molecule has 2 aromatic rings. The molecule has 0 unspecified atom stereocenters. The monoisotopic (exact) mass is 365 g/mol. The highest BCUT2D eigenvalue weighted by Gasteiger charge is 2.19. The van der Waals surface area contributed by atoms with E-state index in [2.05, 4.69) is 15.0 Å². The van der Waals surface area contributed by atoms with Crippen LogP contribution >= 0.6 is 0 Å². The Morgan fingerprint density at radius 1 is 1.24 bits per heavy atom. The largest absolute Gasteiger partial charge is 0.349 e. The highest BCUT2D eigenvalue weighted by Crippen LogP contribution is 2.13. The molecule has 2 N–H and O–H groups in total. The number of carbonyl (C=O) groups is 1. The molecule has 0 aliphatic rings. The van der Waals surface area contributed by atoms with E-state index in [-0.39, 0.29) is 23.0 Å². The second kappa shape index (κ2) is 8.68. The molecule has 0 radical (unpaired) electrons. The number of sulfonamides is 1. The van der Waals surface area contributed by atoms with Crippen LogP contribution < -0.4 is 10.0 Å². The number of hydrogen-bond acceptors (Lipinski definition) is 4. The van der Waals surface area contributed by atoms with Gasteiger partial charge in [-0.2, -0.15) is 0 Å². The number of halogens is 1. The maximum Gasteiger partial charge on any atom is 0.251 e. The van der Waals surface area contributed by atoms with E-state index in [9.17, 15) is 17.6 Å². The van der Waals surface area contributed by atoms with Crippen molar-refractivity contribution >= 4 is 15.9 Å². The van der Waals surface area contributed by atoms with Crippen molar-refractivity contribution in [3.63, 3.8) is 0 Å². The van der Waals surface area contributed by atoms with E-state index in [1.54, 1.807) is 19.3 Å². The summed E-state index contributed by atoms with van der Waals surface area (Å²) in [5.74, 6) is -0.514. The molecule has 134 valence electrons. The van der Waals surface area contributed by atoms with Crippen LogP contribution in [0.25, 0.3) is 0 Å². The standard InChI is InChI=1S/C17H20FN3O3S/c1-13(11-14-5-8-19-9-6-14)21-25(23,24)16-4-2-3-15(12-16)17(22)20-10-7-18/h2-6,8-9,12-13,21H,7,10-11H2,1H3,(H,20,22)/t13-/m1/s1. The Bertz CT molecular complexity index is 813. The zero-order valence-electron chi connectivity index (χ0n) is 13.8. The number of rotatable bonds is 8. The highest BCUT2D eigenvalue weighted by molar-refractivity contribution is 7.89. The molecule has 1 aromatic heterocycles. The third-order valence-corrected chi connectivity index (χ3v) is 5.02. The van der Waals surface area contributed by atoms with Gasteiger partial charge in [0, 0.05) is 30.5 Å². The van der Waals surface area contributed by atoms with Crippen molar-refractivity contribution in [2.45, 2.75) is 24.3 Å². The number of nitrogens with one attached hydrogen (secondary N) is 2. The quantitative estimate of drug-likeness (QED) is 0.745. The Balaban J connectivity index is 2.09. The minimum atomic E-state index is -3.78. The number of amides is 1. The summed E-state index contributed by atoms with van der Waals surface area (Å²) in [5, 5.41) is 2.37. The average molecular weight is 365 g/mol. The summed E-state index contributed by atoms with van der Waals surface area (Å²) >= 11 is 0. The molecule has 1 aromatic carbocycles. The molecule has 2 rings (SSSR count). The molecule has 25 heavy (non-hydrogen) atoms. The van der Waals surface area contributed by atoms with Crippen molar-refractivity contribution in [2.75, 3.05) is 13.2 Å². The van der Waals surface area contributed by atoms with Gasteiger partial charge in [-0.05, 0) is 49.2 Å². The first-order valence-electron chi connectivity index (χ1n) is 7.78. The van der Waals surface area contributed by atoms with Gasteiger partial charge < -0.3 is 5.32 Å². The third-order valence-electron chi connectivity index (χ3n) is 3.43. The summed E-state index contributed by atoms with van der Waals surface area (Å²) in [4.78, 5) is 15.8. The van der Waals surface area contributed by atoms with Crippen LogP contribution in [0.4, 0.5) is 4.39 Å². The second-order valence-electron chi connectivity index (χ2n) is 5.55. The van der Waals surface area contributed by atoms with E-state index in [4.69, 9.17) is 0 Å². The van der Waals surface area contributed by atoms with Gasteiger partial charge >= 0.3 is 0 Å². The Kier molecular flexibility index (Phi) is 6.60. The molecular weight excluding hydrogens is 345 g/mol. The molecule has 0 fully saturated rings. The lowest BCUT2D eigenvalue weighted by molar-refractivity contribution is 0.0950. The molecular formula is C17H20FN3O3S. The molecule has 1 atom stereocenters. The van der Waals surface area contributed by atoms with Crippen LogP contribution in [0.5, 0.6) is 0 Å². The van der Waals surface area contributed by atoms with Gasteiger partial charge in [-0.25, -0.2) is 17.5 Å². The molecule has 0 saturated carbocycles. The fourth-order valence-corrected chi connectivity index (χ4v) is 3.60. The highest BCUT2D eigenvalue weighted by atomic mass is 32.2. The van der Waals surface area contributed by atoms with Crippen LogP contribution in [0.2, 0.25) is 0 Å². The van der Waals surface area contributed by atoms with E-state index in [1.807, 2.05) is 12.1 Å². The molecule has 0 aliphatic heterocycles. The molecule has 0 aliphatic carbocycles. The van der Waals surface area contributed by atoms with E-state index >= 15 is 0 Å². The lowest BCUT2D eigenvalue weighted by Crippen LogP contribution is -2.34. The van der Waals surface area contributed by atoms with E-state index in [0.29, 0.717) is 6.42 Å². The first kappa shape index (κ1) is 19.0. The molecule has 1 heterocycles. The average Bonchev–Trinajstić information content (AvgIpc) is 2.60. The summed E-state index contributed by atoms with van der Waals surface area (Å²) in [7, 11) is -3.78. The zero-order chi connectivity index (χ0) is 18.3. The number of hydrogen-bond donors (Lipinski definition) is 2. The minimum absolute atomic E-state index is 0.0121. The van der Waals surface area contributed by atoms with Crippen molar-refractivity contribution < 1.29 is 17.6 Å². The van der Waals surface area contributed by atoms with E-state index in [0.717, 1.165) is 5.56 Å². The lowest BCUT2D eigenvalue weighted by Gasteiger charge is -2.15. The van der Waals surface area contributed by atoms with Gasteiger partial charge in [0.2, 0.25) is 10.0 Å². The van der Waals surface area contributed by atoms with Gasteiger partial charge in [0.25, 0.3) is 5.91 Å². The first-order chi connectivity index (χ1) is 11.9. The van der Waals surface area contributed by atoms with Gasteiger partial charge in [-0.1, -0.05) is 6.07 Å². The lowest BCUT2D eigenvalue weighted by atomic mass is 10.1. The summed E-state index contributed by atoms with van der Waals surface area (Å²) < 4.78 is 39.7. The number of carbonyl (C=O) groups excluding carboxylic acids is 1. The number of alkyl halides is 1. The smallest absolute Gasteiger partial charge is 0.251 e. The molecule has 0 spiro atoms. The van der Waals surface area contributed by atoms with Crippen LogP contribution in [0.1, 0.15) is 22.8 Å². The molecule has 6 nitrogen and oxygen atoms in total. The van der Waals surface area contributed by atoms with Crippen LogP contribution in [0, 0.1) is 0 Å². The number of aromatic nitrogens is 1. The molecule has 0 bridgehead atoms. The van der Waals surface area contributed by atoms with Crippen molar-refractivity contribution in [3.05, 3.63) is 59.9 Å². The maximum atomic E-state index is 12.5. The topological polar surface area (TPSA) is 88.2 Å². The van der Waals surface area contributed by atoms with Crippen molar-refractivity contribution in [1.29, 1.82) is 0 Å². The fraction of sp³-hybridized carbons (Fsp3) is 0.294. The number of benzene rings is 1. The van der Waals surface area contributed by atoms with Crippen LogP contribution in [-0.4, -0.2) is 38.6 Å². The van der Waals surface area contributed by atoms with Gasteiger partial charge in [-0.3, -0.25) is 9.78 Å². The Hall–Kier alpha value is -2.32. The minimum Gasteiger partial charge on any atom is -0.349 e. The predicted molar refractivity (Wildman–Crippen MR) is 92.5 cm³/mol. The predicted octanol–water partition coefficient (Wildman–Crippen LogP) is 1.69. The van der Waals surface area contributed by atoms with Gasteiger partial charge in [0.05, 0.1) is 4.90 Å². The normalized spacial score (nSPS) is 12.6. The van der Waals surface area contributed by atoms with Crippen molar-refractivity contribution in [1.82, 2.24) is 15.0 Å². The van der Waals surface area contributed by atoms with E-state index < -0.39 is 22.6 Å². The van der Waals surface area contributed by atoms with Crippen LogP contribution in [0.3, 0.4) is 0 Å². The maximum absolute atomic E-state index is 12.5. The number of pyridine rings is 1. The Labute approximate surface area is 146 Å². The summed E-state index contributed by atoms with van der Waals surface area (Å²) in [5.41, 5.74) is 1.13. The number of nitrogens with zero attached hydrogens (tertiary/aromatic N) is 1. The van der Waals surface area contributed by atoms with Gasteiger partial charge in [-0.15, -0.1) is 0 Å². The zero-order valence-corrected chi connectivity index (χ0v) is 14.6. The molecule has 8 heteroatoms. The molecule has 0 saturated heterocycles. The first-order valence-corrected chi connectivity index (χ1v) is 9.26. The summed E-state index contributed by atoms with van der Waals surface area (Å²) in [6.45, 7) is 0.963. The molecule has 1 amide bonds. The summed E-state index contributed by atoms with van der Waals surface area (Å²) in [6.07, 6.45) is 3.81. The van der Waals surface area contributed by atoms with Crippen molar-refractivity contribution in [2.24, 2.45) is 0 Å². The van der Waals surface area contributed by atoms with Crippen LogP contribution in [-0.2, 0) is 16.4 Å². The van der Waals surface area contributed by atoms with Crippen LogP contribution in [0.15, 0.2) is 53.7 Å². The Morgan fingerprint density at radius 2 is 1.96 bits per heavy atom. The second-order valence-corrected chi connectivity index (χ2v) is 7.27. The third kappa shape index (κ3) is 5.61. The SMILES string of the molecule is C[C@H](Cc1ccncc1)NS(=O)(=O)c1cccc(C(=O)NCCF)c1. The fourth-order valence-electron chi connectivity index (χ4n) is 2.31. The van der Waals surface area contributed by atoms with Crippen molar-refractivity contribution in [3.8, 4) is 0 Å². The summed E-state index contributed by atoms with van der Waals surface area (Å²) in [6, 6.07) is 8.94. The van der Waals surface area contributed by atoms with E-state index in [1.165, 1.54) is 24.3 Å². The van der Waals surface area contributed by atoms with Gasteiger partial charge in [0.1, 0.15) is 6.67 Å².